The fourth-order valence-corrected chi connectivity index (χ4v) is 1.86. The molecule has 0 spiro atoms. The summed E-state index contributed by atoms with van der Waals surface area (Å²) in [5.41, 5.74) is 1.88. The van der Waals surface area contributed by atoms with Crippen LogP contribution in [0.5, 0.6) is 5.75 Å². The van der Waals surface area contributed by atoms with Crippen molar-refractivity contribution in [2.75, 3.05) is 0 Å². The van der Waals surface area contributed by atoms with Gasteiger partial charge in [0.1, 0.15) is 0 Å². The Morgan fingerprint density at radius 3 is 2.61 bits per heavy atom. The summed E-state index contributed by atoms with van der Waals surface area (Å²) >= 11 is 5.85. The number of aromatic hydroxyl groups is 1. The Morgan fingerprint density at radius 1 is 1.22 bits per heavy atom. The molecule has 0 aromatic heterocycles. The molecule has 2 aromatic rings. The monoisotopic (exact) mass is 261 g/mol. The second kappa shape index (κ2) is 5.10. The molecule has 0 saturated heterocycles. The highest BCUT2D eigenvalue weighted by atomic mass is 35.5. The van der Waals surface area contributed by atoms with Gasteiger partial charge in [-0.25, -0.2) is 0 Å². The van der Waals surface area contributed by atoms with E-state index in [1.54, 1.807) is 36.4 Å². The van der Waals surface area contributed by atoms with Crippen LogP contribution in [0.3, 0.4) is 0 Å². The zero-order valence-electron chi connectivity index (χ0n) is 9.80. The highest BCUT2D eigenvalue weighted by Crippen LogP contribution is 2.24. The Kier molecular flexibility index (Phi) is 3.53. The first-order valence-electron chi connectivity index (χ1n) is 5.43. The number of aryl methyl sites for hydroxylation is 1. The molecule has 0 fully saturated rings. The largest absolute Gasteiger partial charge is 0.618 e. The summed E-state index contributed by atoms with van der Waals surface area (Å²) in [7, 11) is 0. The number of para-hydroxylation sites is 2. The van der Waals surface area contributed by atoms with E-state index in [2.05, 4.69) is 0 Å². The molecule has 0 saturated carbocycles. The van der Waals surface area contributed by atoms with Crippen LogP contribution in [0, 0.1) is 12.1 Å². The maximum atomic E-state index is 11.9. The molecule has 2 aromatic carbocycles. The lowest BCUT2D eigenvalue weighted by atomic mass is 10.1. The van der Waals surface area contributed by atoms with E-state index < -0.39 is 0 Å². The van der Waals surface area contributed by atoms with Crippen LogP contribution in [0.1, 0.15) is 11.1 Å². The van der Waals surface area contributed by atoms with Gasteiger partial charge in [0.2, 0.25) is 0 Å². The number of phenols is 1. The van der Waals surface area contributed by atoms with Gasteiger partial charge in [0.25, 0.3) is 5.69 Å². The van der Waals surface area contributed by atoms with Crippen LogP contribution < -0.4 is 0 Å². The average molecular weight is 262 g/mol. The second-order valence-corrected chi connectivity index (χ2v) is 4.38. The van der Waals surface area contributed by atoms with Gasteiger partial charge in [0.05, 0.1) is 0 Å². The molecule has 1 N–H and O–H groups in total. The minimum Gasteiger partial charge on any atom is -0.618 e. The third-order valence-electron chi connectivity index (χ3n) is 2.61. The van der Waals surface area contributed by atoms with E-state index >= 15 is 0 Å². The Hall–Kier alpha value is -2.00. The molecule has 0 atom stereocenters. The van der Waals surface area contributed by atoms with E-state index in [4.69, 9.17) is 11.6 Å². The SMILES string of the molecule is Cc1cc(Cl)ccc1C=[N+]([O-])c1ccccc1O. The van der Waals surface area contributed by atoms with Gasteiger partial charge in [-0.2, -0.15) is 4.74 Å². The Labute approximate surface area is 110 Å². The smallest absolute Gasteiger partial charge is 0.258 e. The van der Waals surface area contributed by atoms with Crippen LogP contribution in [0.4, 0.5) is 5.69 Å². The van der Waals surface area contributed by atoms with Crippen LogP contribution in [-0.4, -0.2) is 16.1 Å². The van der Waals surface area contributed by atoms with Gasteiger partial charge >= 0.3 is 0 Å². The first-order chi connectivity index (χ1) is 8.58. The number of rotatable bonds is 2. The van der Waals surface area contributed by atoms with E-state index in [1.807, 2.05) is 6.92 Å². The van der Waals surface area contributed by atoms with Gasteiger partial charge in [-0.15, -0.1) is 0 Å². The number of phenolic OH excluding ortho intramolecular Hbond substituents is 1. The molecule has 0 aliphatic carbocycles. The quantitative estimate of drug-likeness (QED) is 0.388. The van der Waals surface area contributed by atoms with E-state index in [0.29, 0.717) is 9.76 Å². The summed E-state index contributed by atoms with van der Waals surface area (Å²) in [6, 6.07) is 11.7. The van der Waals surface area contributed by atoms with Crippen molar-refractivity contribution < 1.29 is 9.85 Å². The molecule has 0 unspecified atom stereocenters. The van der Waals surface area contributed by atoms with Crippen LogP contribution in [0.2, 0.25) is 5.02 Å². The molecular formula is C14H12ClNO2. The third kappa shape index (κ3) is 2.63. The molecule has 0 amide bonds. The molecule has 0 aliphatic heterocycles. The number of benzene rings is 2. The summed E-state index contributed by atoms with van der Waals surface area (Å²) in [6.45, 7) is 1.87. The number of halogens is 1. The highest BCUT2D eigenvalue weighted by Gasteiger charge is 2.08. The van der Waals surface area contributed by atoms with Gasteiger partial charge in [0.15, 0.2) is 12.0 Å². The van der Waals surface area contributed by atoms with Gasteiger partial charge in [0, 0.05) is 16.7 Å². The van der Waals surface area contributed by atoms with E-state index in [0.717, 1.165) is 11.1 Å². The van der Waals surface area contributed by atoms with Crippen LogP contribution in [0.15, 0.2) is 42.5 Å². The van der Waals surface area contributed by atoms with Gasteiger partial charge < -0.3 is 10.3 Å². The van der Waals surface area contributed by atoms with Crippen molar-refractivity contribution in [3.05, 3.63) is 63.8 Å². The molecule has 0 bridgehead atoms. The van der Waals surface area contributed by atoms with Crippen molar-refractivity contribution in [3.63, 3.8) is 0 Å². The lowest BCUT2D eigenvalue weighted by Crippen LogP contribution is -2.00. The highest BCUT2D eigenvalue weighted by molar-refractivity contribution is 6.30. The van der Waals surface area contributed by atoms with Crippen molar-refractivity contribution in [2.24, 2.45) is 0 Å². The standard InChI is InChI=1S/C14H12ClNO2/c1-10-8-12(15)7-6-11(10)9-16(18)13-4-2-3-5-14(13)17/h2-9,17H,1H3. The van der Waals surface area contributed by atoms with Gasteiger partial charge in [-0.05, 0) is 36.8 Å². The maximum absolute atomic E-state index is 11.9. The molecule has 0 heterocycles. The molecule has 92 valence electrons. The molecular weight excluding hydrogens is 250 g/mol. The predicted molar refractivity (Wildman–Crippen MR) is 72.7 cm³/mol. The van der Waals surface area contributed by atoms with E-state index in [1.165, 1.54) is 12.3 Å². The minimum absolute atomic E-state index is 0.0460. The van der Waals surface area contributed by atoms with E-state index in [9.17, 15) is 10.3 Å². The predicted octanol–water partition coefficient (Wildman–Crippen LogP) is 3.61. The molecule has 0 aliphatic rings. The second-order valence-electron chi connectivity index (χ2n) is 3.94. The first kappa shape index (κ1) is 12.5. The maximum Gasteiger partial charge on any atom is 0.258 e. The van der Waals surface area contributed by atoms with Crippen LogP contribution in [-0.2, 0) is 0 Å². The van der Waals surface area contributed by atoms with Crippen molar-refractivity contribution >= 4 is 23.5 Å². The van der Waals surface area contributed by atoms with Gasteiger partial charge in [-0.1, -0.05) is 23.7 Å². The summed E-state index contributed by atoms with van der Waals surface area (Å²) in [5, 5.41) is 22.2. The zero-order valence-corrected chi connectivity index (χ0v) is 10.6. The minimum atomic E-state index is -0.0460. The lowest BCUT2D eigenvalue weighted by Gasteiger charge is -2.05. The molecule has 3 nitrogen and oxygen atoms in total. The topological polar surface area (TPSA) is 46.3 Å². The average Bonchev–Trinajstić information content (AvgIpc) is 2.33. The summed E-state index contributed by atoms with van der Waals surface area (Å²) in [6.07, 6.45) is 1.42. The summed E-state index contributed by atoms with van der Waals surface area (Å²) < 4.78 is 0.644. The fraction of sp³-hybridized carbons (Fsp3) is 0.0714. The normalized spacial score (nSPS) is 11.6. The fourth-order valence-electron chi connectivity index (χ4n) is 1.63. The number of nitrogens with zero attached hydrogens (tertiary/aromatic N) is 1. The summed E-state index contributed by atoms with van der Waals surface area (Å²) in [5.74, 6) is -0.0460. The molecule has 18 heavy (non-hydrogen) atoms. The first-order valence-corrected chi connectivity index (χ1v) is 5.81. The van der Waals surface area contributed by atoms with E-state index in [-0.39, 0.29) is 11.4 Å². The van der Waals surface area contributed by atoms with Crippen LogP contribution >= 0.6 is 11.6 Å². The lowest BCUT2D eigenvalue weighted by molar-refractivity contribution is -0.355. The van der Waals surface area contributed by atoms with Crippen LogP contribution in [0.25, 0.3) is 0 Å². The zero-order chi connectivity index (χ0) is 13.1. The third-order valence-corrected chi connectivity index (χ3v) is 2.84. The molecule has 2 rings (SSSR count). The Morgan fingerprint density at radius 2 is 1.94 bits per heavy atom. The van der Waals surface area contributed by atoms with Crippen molar-refractivity contribution in [1.29, 1.82) is 0 Å². The van der Waals surface area contributed by atoms with Crippen molar-refractivity contribution in [1.82, 2.24) is 0 Å². The van der Waals surface area contributed by atoms with Gasteiger partial charge in [-0.3, -0.25) is 0 Å². The van der Waals surface area contributed by atoms with Crippen molar-refractivity contribution in [3.8, 4) is 5.75 Å². The number of hydrogen-bond donors (Lipinski definition) is 1. The Balaban J connectivity index is 2.42. The summed E-state index contributed by atoms with van der Waals surface area (Å²) in [4.78, 5) is 0. The molecule has 0 radical (unpaired) electrons. The number of hydrogen-bond acceptors (Lipinski definition) is 2. The van der Waals surface area contributed by atoms with Crippen molar-refractivity contribution in [2.45, 2.75) is 6.92 Å². The molecule has 4 heteroatoms. The Bertz CT molecular complexity index is 608.